The lowest BCUT2D eigenvalue weighted by Gasteiger charge is -1.93. The van der Waals surface area contributed by atoms with E-state index in [9.17, 15) is 0 Å². The molecule has 0 aromatic carbocycles. The van der Waals surface area contributed by atoms with E-state index in [1.807, 2.05) is 13.8 Å². The Hall–Kier alpha value is -1.45. The van der Waals surface area contributed by atoms with E-state index in [-0.39, 0.29) is 0 Å². The molecule has 4 nitrogen and oxygen atoms in total. The van der Waals surface area contributed by atoms with Crippen LogP contribution in [0.15, 0.2) is 16.8 Å². The monoisotopic (exact) mass is 163 g/mol. The van der Waals surface area contributed by atoms with E-state index in [0.717, 1.165) is 11.4 Å². The third-order valence-corrected chi connectivity index (χ3v) is 1.61. The highest BCUT2D eigenvalue weighted by molar-refractivity contribution is 5.69. The van der Waals surface area contributed by atoms with E-state index in [1.54, 1.807) is 12.4 Å². The largest absolute Gasteiger partial charge is 0.439 e. The summed E-state index contributed by atoms with van der Waals surface area (Å²) in [6, 6.07) is 0. The normalized spacial score (nSPS) is 11.2. The predicted octanol–water partition coefficient (Wildman–Crippen LogP) is 1.74. The molecule has 0 bridgehead atoms. The molecule has 0 aliphatic rings. The Bertz CT molecular complexity index is 361. The molecule has 2 rings (SSSR count). The van der Waals surface area contributed by atoms with Crippen molar-refractivity contribution in [2.75, 3.05) is 0 Å². The number of rotatable bonds is 1. The van der Waals surface area contributed by atoms with Crippen molar-refractivity contribution >= 4 is 11.1 Å². The van der Waals surface area contributed by atoms with Crippen molar-refractivity contribution in [1.29, 1.82) is 0 Å². The van der Waals surface area contributed by atoms with E-state index in [1.165, 1.54) is 0 Å². The first-order valence-electron chi connectivity index (χ1n) is 3.84. The summed E-state index contributed by atoms with van der Waals surface area (Å²) in [6.45, 7) is 4.07. The highest BCUT2D eigenvalue weighted by atomic mass is 16.3. The molecule has 0 unspecified atom stereocenters. The van der Waals surface area contributed by atoms with Gasteiger partial charge in [0.05, 0.1) is 12.4 Å². The zero-order valence-corrected chi connectivity index (χ0v) is 6.98. The first kappa shape index (κ1) is 7.21. The molecule has 2 aromatic rings. The van der Waals surface area contributed by atoms with Crippen LogP contribution in [-0.2, 0) is 0 Å². The van der Waals surface area contributed by atoms with Crippen molar-refractivity contribution < 1.29 is 4.42 Å². The Balaban J connectivity index is 2.62. The molecule has 0 spiro atoms. The zero-order valence-electron chi connectivity index (χ0n) is 6.98. The fourth-order valence-electron chi connectivity index (χ4n) is 0.967. The molecule has 0 fully saturated rings. The molecule has 0 amide bonds. The van der Waals surface area contributed by atoms with Gasteiger partial charge in [-0.15, -0.1) is 0 Å². The molecule has 0 radical (unpaired) electrons. The van der Waals surface area contributed by atoms with Crippen LogP contribution in [0.1, 0.15) is 25.7 Å². The summed E-state index contributed by atoms with van der Waals surface area (Å²) in [4.78, 5) is 4.24. The fourth-order valence-corrected chi connectivity index (χ4v) is 0.967. The second-order valence-electron chi connectivity index (χ2n) is 2.95. The number of hydrogen-bond donors (Lipinski definition) is 0. The molecule has 4 heteroatoms. The zero-order chi connectivity index (χ0) is 8.55. The van der Waals surface area contributed by atoms with Crippen LogP contribution in [0.25, 0.3) is 11.1 Å². The van der Waals surface area contributed by atoms with Crippen LogP contribution in [0.4, 0.5) is 0 Å². The van der Waals surface area contributed by atoms with Crippen LogP contribution >= 0.6 is 0 Å². The third kappa shape index (κ3) is 1.05. The van der Waals surface area contributed by atoms with E-state index in [2.05, 4.69) is 15.2 Å². The lowest BCUT2D eigenvalue weighted by molar-refractivity contribution is 0.500. The highest BCUT2D eigenvalue weighted by Gasteiger charge is 2.08. The number of hydrogen-bond acceptors (Lipinski definition) is 4. The molecule has 0 atom stereocenters. The van der Waals surface area contributed by atoms with Gasteiger partial charge in [-0.1, -0.05) is 13.8 Å². The molecule has 0 aliphatic carbocycles. The van der Waals surface area contributed by atoms with Crippen molar-refractivity contribution in [3.05, 3.63) is 18.3 Å². The highest BCUT2D eigenvalue weighted by Crippen LogP contribution is 2.18. The van der Waals surface area contributed by atoms with Gasteiger partial charge in [0, 0.05) is 5.92 Å². The summed E-state index contributed by atoms with van der Waals surface area (Å²) >= 11 is 0. The number of aromatic nitrogens is 3. The lowest BCUT2D eigenvalue weighted by Crippen LogP contribution is -1.84. The molecule has 0 saturated carbocycles. The summed E-state index contributed by atoms with van der Waals surface area (Å²) in [5, 5.41) is 7.41. The van der Waals surface area contributed by atoms with Crippen LogP contribution in [0.5, 0.6) is 0 Å². The predicted molar refractivity (Wildman–Crippen MR) is 43.7 cm³/mol. The van der Waals surface area contributed by atoms with Crippen LogP contribution in [0.3, 0.4) is 0 Å². The van der Waals surface area contributed by atoms with Gasteiger partial charge in [-0.3, -0.25) is 0 Å². The Morgan fingerprint density at radius 2 is 2.00 bits per heavy atom. The maximum Gasteiger partial charge on any atom is 0.198 e. The van der Waals surface area contributed by atoms with Gasteiger partial charge >= 0.3 is 0 Å². The smallest absolute Gasteiger partial charge is 0.198 e. The minimum atomic E-state index is 0.303. The van der Waals surface area contributed by atoms with Crippen molar-refractivity contribution in [3.63, 3.8) is 0 Å². The molecule has 0 aliphatic heterocycles. The third-order valence-electron chi connectivity index (χ3n) is 1.61. The van der Waals surface area contributed by atoms with E-state index < -0.39 is 0 Å². The summed E-state index contributed by atoms with van der Waals surface area (Å²) < 4.78 is 5.42. The average Bonchev–Trinajstić information content (AvgIpc) is 2.46. The molecule has 2 aromatic heterocycles. The van der Waals surface area contributed by atoms with Crippen LogP contribution < -0.4 is 0 Å². The van der Waals surface area contributed by atoms with Crippen molar-refractivity contribution in [2.45, 2.75) is 19.8 Å². The van der Waals surface area contributed by atoms with Crippen molar-refractivity contribution in [1.82, 2.24) is 15.2 Å². The van der Waals surface area contributed by atoms with Gasteiger partial charge < -0.3 is 4.42 Å². The van der Waals surface area contributed by atoms with Crippen molar-refractivity contribution in [3.8, 4) is 0 Å². The van der Waals surface area contributed by atoms with Gasteiger partial charge in [-0.05, 0) is 0 Å². The van der Waals surface area contributed by atoms with Crippen LogP contribution in [-0.4, -0.2) is 15.2 Å². The Morgan fingerprint density at radius 3 is 2.67 bits per heavy atom. The minimum absolute atomic E-state index is 0.303. The number of fused-ring (bicyclic) bond motifs is 1. The SMILES string of the molecule is CC(C)c1nc2cnncc2o1. The Kier molecular flexibility index (Phi) is 1.53. The van der Waals surface area contributed by atoms with E-state index in [4.69, 9.17) is 4.42 Å². The van der Waals surface area contributed by atoms with Crippen LogP contribution in [0, 0.1) is 0 Å². The molecular formula is C8H9N3O. The molecule has 0 N–H and O–H groups in total. The van der Waals surface area contributed by atoms with E-state index in [0.29, 0.717) is 11.5 Å². The topological polar surface area (TPSA) is 51.8 Å². The number of oxazole rings is 1. The summed E-state index contributed by atoms with van der Waals surface area (Å²) in [7, 11) is 0. The second-order valence-corrected chi connectivity index (χ2v) is 2.95. The quantitative estimate of drug-likeness (QED) is 0.642. The fraction of sp³-hybridized carbons (Fsp3) is 0.375. The summed E-state index contributed by atoms with van der Waals surface area (Å²) in [5.74, 6) is 1.04. The summed E-state index contributed by atoms with van der Waals surface area (Å²) in [5.41, 5.74) is 1.47. The molecule has 2 heterocycles. The molecular weight excluding hydrogens is 154 g/mol. The van der Waals surface area contributed by atoms with Gasteiger partial charge in [0.2, 0.25) is 0 Å². The maximum absolute atomic E-state index is 5.42. The van der Waals surface area contributed by atoms with Gasteiger partial charge in [-0.25, -0.2) is 4.98 Å². The van der Waals surface area contributed by atoms with Gasteiger partial charge in [-0.2, -0.15) is 10.2 Å². The molecule has 62 valence electrons. The Labute approximate surface area is 69.6 Å². The number of nitrogens with zero attached hydrogens (tertiary/aromatic N) is 3. The first-order chi connectivity index (χ1) is 5.77. The van der Waals surface area contributed by atoms with E-state index >= 15 is 0 Å². The second kappa shape index (κ2) is 2.55. The standard InChI is InChI=1S/C8H9N3O/c1-5(2)8-11-6-3-9-10-4-7(6)12-8/h3-5H,1-2H3. The van der Waals surface area contributed by atoms with Gasteiger partial charge in [0.25, 0.3) is 0 Å². The van der Waals surface area contributed by atoms with Gasteiger partial charge in [0.15, 0.2) is 11.5 Å². The molecule has 0 saturated heterocycles. The minimum Gasteiger partial charge on any atom is -0.439 e. The lowest BCUT2D eigenvalue weighted by atomic mass is 10.2. The Morgan fingerprint density at radius 1 is 1.25 bits per heavy atom. The van der Waals surface area contributed by atoms with Crippen molar-refractivity contribution in [2.24, 2.45) is 0 Å². The maximum atomic E-state index is 5.42. The summed E-state index contributed by atoms with van der Waals surface area (Å²) in [6.07, 6.45) is 3.18. The van der Waals surface area contributed by atoms with Gasteiger partial charge in [0.1, 0.15) is 5.52 Å². The van der Waals surface area contributed by atoms with Crippen LogP contribution in [0.2, 0.25) is 0 Å². The molecule has 12 heavy (non-hydrogen) atoms. The average molecular weight is 163 g/mol. The first-order valence-corrected chi connectivity index (χ1v) is 3.84.